The SMILES string of the molecule is COc1ccc(CC(NN)c2ccccc2Cl)cn1. The van der Waals surface area contributed by atoms with Crippen LogP contribution in [0, 0.1) is 0 Å². The van der Waals surface area contributed by atoms with Crippen molar-refractivity contribution in [1.82, 2.24) is 10.4 Å². The van der Waals surface area contributed by atoms with E-state index in [1.54, 1.807) is 13.3 Å². The normalized spacial score (nSPS) is 12.2. The lowest BCUT2D eigenvalue weighted by molar-refractivity contribution is 0.397. The van der Waals surface area contributed by atoms with Gasteiger partial charge in [-0.15, -0.1) is 0 Å². The van der Waals surface area contributed by atoms with Crippen LogP contribution in [0.5, 0.6) is 5.88 Å². The van der Waals surface area contributed by atoms with Crippen LogP contribution in [-0.4, -0.2) is 12.1 Å². The van der Waals surface area contributed by atoms with Gasteiger partial charge in [0.15, 0.2) is 0 Å². The number of benzene rings is 1. The molecule has 0 saturated carbocycles. The molecule has 0 saturated heterocycles. The molecule has 0 amide bonds. The van der Waals surface area contributed by atoms with Crippen LogP contribution in [0.1, 0.15) is 17.2 Å². The largest absolute Gasteiger partial charge is 0.481 e. The van der Waals surface area contributed by atoms with Crippen LogP contribution >= 0.6 is 11.6 Å². The first-order valence-corrected chi connectivity index (χ1v) is 6.32. The Bertz CT molecular complexity index is 530. The van der Waals surface area contributed by atoms with Crippen LogP contribution in [0.2, 0.25) is 5.02 Å². The highest BCUT2D eigenvalue weighted by atomic mass is 35.5. The number of halogens is 1. The van der Waals surface area contributed by atoms with Gasteiger partial charge < -0.3 is 4.74 Å². The Morgan fingerprint density at radius 1 is 1.32 bits per heavy atom. The molecule has 0 bridgehead atoms. The third kappa shape index (κ3) is 3.44. The van der Waals surface area contributed by atoms with Crippen molar-refractivity contribution < 1.29 is 4.74 Å². The van der Waals surface area contributed by atoms with Gasteiger partial charge in [-0.25, -0.2) is 4.98 Å². The van der Waals surface area contributed by atoms with E-state index >= 15 is 0 Å². The molecule has 0 aliphatic heterocycles. The summed E-state index contributed by atoms with van der Waals surface area (Å²) in [7, 11) is 1.59. The smallest absolute Gasteiger partial charge is 0.212 e. The zero-order valence-electron chi connectivity index (χ0n) is 10.6. The van der Waals surface area contributed by atoms with Crippen LogP contribution in [0.4, 0.5) is 0 Å². The third-order valence-electron chi connectivity index (χ3n) is 2.93. The Morgan fingerprint density at radius 2 is 2.11 bits per heavy atom. The van der Waals surface area contributed by atoms with E-state index < -0.39 is 0 Å². The Kier molecular flexibility index (Phi) is 4.74. The van der Waals surface area contributed by atoms with E-state index in [0.29, 0.717) is 17.3 Å². The third-order valence-corrected chi connectivity index (χ3v) is 3.27. The number of hydrazine groups is 1. The Balaban J connectivity index is 2.17. The number of aromatic nitrogens is 1. The molecule has 1 unspecified atom stereocenters. The number of nitrogens with zero attached hydrogens (tertiary/aromatic N) is 1. The van der Waals surface area contributed by atoms with Crippen molar-refractivity contribution >= 4 is 11.6 Å². The molecule has 1 atom stereocenters. The predicted octanol–water partition coefficient (Wildman–Crippen LogP) is 2.49. The minimum atomic E-state index is -0.0519. The minimum absolute atomic E-state index is 0.0519. The summed E-state index contributed by atoms with van der Waals surface area (Å²) in [5.74, 6) is 6.22. The topological polar surface area (TPSA) is 60.2 Å². The maximum atomic E-state index is 6.18. The molecule has 2 aromatic rings. The lowest BCUT2D eigenvalue weighted by Gasteiger charge is -2.17. The van der Waals surface area contributed by atoms with Crippen LogP contribution in [-0.2, 0) is 6.42 Å². The average Bonchev–Trinajstić information content (AvgIpc) is 2.46. The monoisotopic (exact) mass is 277 g/mol. The van der Waals surface area contributed by atoms with Gasteiger partial charge in [-0.2, -0.15) is 0 Å². The molecule has 1 aromatic carbocycles. The van der Waals surface area contributed by atoms with Gasteiger partial charge >= 0.3 is 0 Å². The fraction of sp³-hybridized carbons (Fsp3) is 0.214. The van der Waals surface area contributed by atoms with Crippen LogP contribution in [0.3, 0.4) is 0 Å². The average molecular weight is 278 g/mol. The second kappa shape index (κ2) is 6.52. The van der Waals surface area contributed by atoms with E-state index in [1.807, 2.05) is 36.4 Å². The lowest BCUT2D eigenvalue weighted by atomic mass is 10.0. The van der Waals surface area contributed by atoms with E-state index in [2.05, 4.69) is 10.4 Å². The number of hydrogen-bond acceptors (Lipinski definition) is 4. The molecular weight excluding hydrogens is 262 g/mol. The summed E-state index contributed by atoms with van der Waals surface area (Å²) in [6.07, 6.45) is 2.48. The second-order valence-corrected chi connectivity index (χ2v) is 4.56. The number of nitrogens with one attached hydrogen (secondary N) is 1. The summed E-state index contributed by atoms with van der Waals surface area (Å²) in [5, 5.41) is 0.701. The van der Waals surface area contributed by atoms with Crippen molar-refractivity contribution in [3.63, 3.8) is 0 Å². The van der Waals surface area contributed by atoms with Gasteiger partial charge in [-0.1, -0.05) is 35.9 Å². The highest BCUT2D eigenvalue weighted by Gasteiger charge is 2.13. The van der Waals surface area contributed by atoms with Gasteiger partial charge in [0.1, 0.15) is 0 Å². The molecule has 100 valence electrons. The quantitative estimate of drug-likeness (QED) is 0.651. The molecule has 1 heterocycles. The number of methoxy groups -OCH3 is 1. The molecule has 3 N–H and O–H groups in total. The first-order chi connectivity index (χ1) is 9.24. The number of rotatable bonds is 5. The van der Waals surface area contributed by atoms with Crippen molar-refractivity contribution in [2.75, 3.05) is 7.11 Å². The molecular formula is C14H16ClN3O. The van der Waals surface area contributed by atoms with Gasteiger partial charge in [0, 0.05) is 17.3 Å². The van der Waals surface area contributed by atoms with Crippen molar-refractivity contribution in [2.24, 2.45) is 5.84 Å². The number of nitrogens with two attached hydrogens (primary N) is 1. The first-order valence-electron chi connectivity index (χ1n) is 5.94. The molecule has 19 heavy (non-hydrogen) atoms. The molecule has 0 radical (unpaired) electrons. The molecule has 0 fully saturated rings. The Labute approximate surface area is 117 Å². The van der Waals surface area contributed by atoms with Crippen LogP contribution in [0.15, 0.2) is 42.6 Å². The van der Waals surface area contributed by atoms with Crippen molar-refractivity contribution in [3.8, 4) is 5.88 Å². The van der Waals surface area contributed by atoms with E-state index in [9.17, 15) is 0 Å². The fourth-order valence-corrected chi connectivity index (χ4v) is 2.17. The first kappa shape index (κ1) is 13.8. The van der Waals surface area contributed by atoms with E-state index in [-0.39, 0.29) is 6.04 Å². The fourth-order valence-electron chi connectivity index (χ4n) is 1.90. The van der Waals surface area contributed by atoms with Crippen molar-refractivity contribution in [2.45, 2.75) is 12.5 Å². The summed E-state index contributed by atoms with van der Waals surface area (Å²) < 4.78 is 5.03. The zero-order valence-corrected chi connectivity index (χ0v) is 11.4. The number of ether oxygens (including phenoxy) is 1. The highest BCUT2D eigenvalue weighted by Crippen LogP contribution is 2.25. The van der Waals surface area contributed by atoms with Gasteiger partial charge in [0.25, 0.3) is 0 Å². The highest BCUT2D eigenvalue weighted by molar-refractivity contribution is 6.31. The summed E-state index contributed by atoms with van der Waals surface area (Å²) in [5.41, 5.74) is 4.83. The number of pyridine rings is 1. The lowest BCUT2D eigenvalue weighted by Crippen LogP contribution is -2.29. The van der Waals surface area contributed by atoms with E-state index in [1.165, 1.54) is 0 Å². The molecule has 0 spiro atoms. The maximum absolute atomic E-state index is 6.18. The van der Waals surface area contributed by atoms with Gasteiger partial charge in [-0.05, 0) is 23.6 Å². The standard InChI is InChI=1S/C14H16ClN3O/c1-19-14-7-6-10(9-17-14)8-13(18-16)11-4-2-3-5-12(11)15/h2-7,9,13,18H,8,16H2,1H3. The summed E-state index contributed by atoms with van der Waals surface area (Å²) in [4.78, 5) is 4.18. The van der Waals surface area contributed by atoms with Crippen molar-refractivity contribution in [3.05, 3.63) is 58.7 Å². The molecule has 2 rings (SSSR count). The van der Waals surface area contributed by atoms with Gasteiger partial charge in [0.2, 0.25) is 5.88 Å². The molecule has 4 nitrogen and oxygen atoms in total. The minimum Gasteiger partial charge on any atom is -0.481 e. The Hall–Kier alpha value is -1.62. The summed E-state index contributed by atoms with van der Waals surface area (Å²) in [6, 6.07) is 11.4. The van der Waals surface area contributed by atoms with Crippen LogP contribution in [0.25, 0.3) is 0 Å². The van der Waals surface area contributed by atoms with Gasteiger partial charge in [0.05, 0.1) is 13.2 Å². The van der Waals surface area contributed by atoms with E-state index in [0.717, 1.165) is 11.1 Å². The van der Waals surface area contributed by atoms with Crippen molar-refractivity contribution in [1.29, 1.82) is 0 Å². The summed E-state index contributed by atoms with van der Waals surface area (Å²) >= 11 is 6.18. The molecule has 1 aromatic heterocycles. The zero-order chi connectivity index (χ0) is 13.7. The van der Waals surface area contributed by atoms with Gasteiger partial charge in [-0.3, -0.25) is 11.3 Å². The van der Waals surface area contributed by atoms with E-state index in [4.69, 9.17) is 22.2 Å². The molecule has 0 aliphatic rings. The second-order valence-electron chi connectivity index (χ2n) is 4.15. The maximum Gasteiger partial charge on any atom is 0.212 e. The van der Waals surface area contributed by atoms with Crippen LogP contribution < -0.4 is 16.0 Å². The number of hydrogen-bond donors (Lipinski definition) is 2. The molecule has 5 heteroatoms. The molecule has 0 aliphatic carbocycles. The Morgan fingerprint density at radius 3 is 2.68 bits per heavy atom. The predicted molar refractivity (Wildman–Crippen MR) is 76.0 cm³/mol. The summed E-state index contributed by atoms with van der Waals surface area (Å²) in [6.45, 7) is 0.